The molecule has 48 heavy (non-hydrogen) atoms. The zero-order valence-electron chi connectivity index (χ0n) is 27.5. The lowest BCUT2D eigenvalue weighted by Crippen LogP contribution is -2.44. The Hall–Kier alpha value is -4.79. The zero-order valence-corrected chi connectivity index (χ0v) is 27.5. The zero-order chi connectivity index (χ0) is 34.8. The summed E-state index contributed by atoms with van der Waals surface area (Å²) >= 11 is 0. The largest absolute Gasteiger partial charge is 0.460 e. The fourth-order valence-electron chi connectivity index (χ4n) is 5.57. The third-order valence-corrected chi connectivity index (χ3v) is 7.99. The van der Waals surface area contributed by atoms with Gasteiger partial charge in [-0.3, -0.25) is 19.6 Å². The maximum atomic E-state index is 14.8. The highest BCUT2D eigenvalue weighted by Crippen LogP contribution is 2.26. The minimum Gasteiger partial charge on any atom is -0.460 e. The van der Waals surface area contributed by atoms with E-state index in [1.807, 2.05) is 0 Å². The number of aryl methyl sites for hydroxylation is 1. The first kappa shape index (κ1) is 36.1. The molecule has 2 aliphatic heterocycles. The summed E-state index contributed by atoms with van der Waals surface area (Å²) in [6, 6.07) is -0.922. The predicted molar refractivity (Wildman–Crippen MR) is 171 cm³/mol. The smallest absolute Gasteiger partial charge is 0.411 e. The first-order valence-corrected chi connectivity index (χ1v) is 15.9. The van der Waals surface area contributed by atoms with Gasteiger partial charge >= 0.3 is 12.1 Å². The third-order valence-electron chi connectivity index (χ3n) is 7.99. The fourth-order valence-corrected chi connectivity index (χ4v) is 5.57. The lowest BCUT2D eigenvalue weighted by molar-refractivity contribution is -0.159. The minimum atomic E-state index is -1.50. The number of ether oxygens (including phenoxy) is 2. The molecule has 2 bridgehead atoms. The number of oxazole rings is 1. The van der Waals surface area contributed by atoms with E-state index in [1.54, 1.807) is 52.2 Å². The summed E-state index contributed by atoms with van der Waals surface area (Å²) in [7, 11) is 1.71. The van der Waals surface area contributed by atoms with Crippen molar-refractivity contribution in [2.24, 2.45) is 18.9 Å². The first-order valence-electron chi connectivity index (χ1n) is 15.9. The van der Waals surface area contributed by atoms with Crippen LogP contribution >= 0.6 is 0 Å². The van der Waals surface area contributed by atoms with Crippen molar-refractivity contribution in [1.29, 1.82) is 0 Å². The Morgan fingerprint density at radius 3 is 2.83 bits per heavy atom. The summed E-state index contributed by atoms with van der Waals surface area (Å²) in [6.07, 6.45) is 8.31. The number of nitrogens with zero attached hydrogens (tertiary/aromatic N) is 4. The molecular weight excluding hydrogens is 627 g/mol. The van der Waals surface area contributed by atoms with E-state index in [0.29, 0.717) is 24.1 Å². The lowest BCUT2D eigenvalue weighted by atomic mass is 9.93. The molecule has 0 spiro atoms. The molecule has 260 valence electrons. The highest BCUT2D eigenvalue weighted by atomic mass is 19.1. The van der Waals surface area contributed by atoms with Crippen molar-refractivity contribution in [3.8, 4) is 0 Å². The quantitative estimate of drug-likeness (QED) is 0.409. The summed E-state index contributed by atoms with van der Waals surface area (Å²) in [6.45, 7) is 5.59. The summed E-state index contributed by atoms with van der Waals surface area (Å²) in [5.74, 6) is -2.63. The van der Waals surface area contributed by atoms with Gasteiger partial charge in [0.25, 0.3) is 5.91 Å². The van der Waals surface area contributed by atoms with E-state index in [1.165, 1.54) is 27.9 Å². The normalized spacial score (nSPS) is 27.9. The van der Waals surface area contributed by atoms with Crippen LogP contribution in [0.4, 0.5) is 14.9 Å². The highest BCUT2D eigenvalue weighted by molar-refractivity contribution is 5.95. The topological polar surface area (TPSA) is 178 Å². The van der Waals surface area contributed by atoms with E-state index < -0.39 is 60.1 Å². The predicted octanol–water partition coefficient (Wildman–Crippen LogP) is 3.27. The fraction of sp³-hybridized carbons (Fsp3) is 0.515. The number of nitrogens with one attached hydrogen (secondary N) is 2. The Balaban J connectivity index is 1.54. The molecule has 4 heterocycles. The summed E-state index contributed by atoms with van der Waals surface area (Å²) < 4.78 is 33.1. The number of allylic oxidation sites excluding steroid dienone is 2. The summed E-state index contributed by atoms with van der Waals surface area (Å²) in [5.41, 5.74) is 1.05. The molecule has 2 aromatic rings. The van der Waals surface area contributed by atoms with Gasteiger partial charge in [0.05, 0.1) is 31.0 Å². The number of carbonyl (C=O) groups is 4. The third kappa shape index (κ3) is 10.4. The van der Waals surface area contributed by atoms with Gasteiger partial charge in [0.1, 0.15) is 24.6 Å². The van der Waals surface area contributed by atoms with Crippen LogP contribution in [-0.4, -0.2) is 92.8 Å². The summed E-state index contributed by atoms with van der Waals surface area (Å²) in [4.78, 5) is 57.5. The van der Waals surface area contributed by atoms with Crippen molar-refractivity contribution in [3.05, 3.63) is 66.2 Å². The van der Waals surface area contributed by atoms with Crippen LogP contribution in [-0.2, 0) is 32.5 Å². The van der Waals surface area contributed by atoms with Gasteiger partial charge in [-0.15, -0.1) is 0 Å². The van der Waals surface area contributed by atoms with Gasteiger partial charge < -0.3 is 29.2 Å². The number of cyclic esters (lactones) is 1. The van der Waals surface area contributed by atoms with Crippen LogP contribution in [0.15, 0.2) is 59.0 Å². The molecule has 6 unspecified atom stereocenters. The number of rotatable bonds is 4. The molecule has 2 aliphatic rings. The van der Waals surface area contributed by atoms with Crippen molar-refractivity contribution in [2.75, 3.05) is 25.0 Å². The number of alkyl halides is 1. The Morgan fingerprint density at radius 2 is 2.08 bits per heavy atom. The van der Waals surface area contributed by atoms with E-state index in [4.69, 9.17) is 13.9 Å². The van der Waals surface area contributed by atoms with Gasteiger partial charge in [0.2, 0.25) is 5.91 Å². The molecule has 6 atom stereocenters. The maximum absolute atomic E-state index is 14.8. The number of anilines is 1. The Bertz CT molecular complexity index is 1530. The molecular formula is C33H43FN6O8. The summed E-state index contributed by atoms with van der Waals surface area (Å²) in [5, 5.41) is 19.6. The van der Waals surface area contributed by atoms with Crippen LogP contribution in [0.2, 0.25) is 0 Å². The molecule has 1 fully saturated rings. The molecule has 4 rings (SSSR count). The van der Waals surface area contributed by atoms with Crippen LogP contribution in [0, 0.1) is 11.8 Å². The number of aromatic nitrogens is 3. The minimum absolute atomic E-state index is 0.00633. The molecule has 1 saturated heterocycles. The Morgan fingerprint density at radius 1 is 1.29 bits per heavy atom. The molecule has 0 aliphatic carbocycles. The standard InChI is InChI=1S/C33H43FN6O8/c1-20-7-5-11-35-28(42)10-9-21(2)30(22(3)18-47-33(45)37-24-16-36-39(4)17-24)48-32(44)27-8-6-12-40(27)31(43)26-19-46-29(38-26)15-23(34)14-25(41)13-20/h5,7,9-10,13,16-17,19,21-23,25,27,30,41H,6,8,11-12,14-15,18H2,1-4H3,(H,35,42)(H,37,45)/b7-5+,10-9+,20-13+. The number of esters is 1. The molecule has 0 radical (unpaired) electrons. The van der Waals surface area contributed by atoms with Gasteiger partial charge in [-0.05, 0) is 25.8 Å². The van der Waals surface area contributed by atoms with Crippen molar-refractivity contribution >= 4 is 29.6 Å². The van der Waals surface area contributed by atoms with Crippen LogP contribution in [0.1, 0.15) is 56.4 Å². The van der Waals surface area contributed by atoms with E-state index in [2.05, 4.69) is 20.7 Å². The second-order valence-corrected chi connectivity index (χ2v) is 12.2. The van der Waals surface area contributed by atoms with Crippen LogP contribution in [0.5, 0.6) is 0 Å². The van der Waals surface area contributed by atoms with Crippen molar-refractivity contribution < 1.29 is 42.6 Å². The number of hydrogen-bond acceptors (Lipinski definition) is 10. The van der Waals surface area contributed by atoms with Gasteiger partial charge in [-0.1, -0.05) is 43.7 Å². The van der Waals surface area contributed by atoms with Gasteiger partial charge in [-0.2, -0.15) is 5.10 Å². The number of carbonyl (C=O) groups excluding carboxylic acids is 4. The number of hydrogen-bond donors (Lipinski definition) is 3. The van der Waals surface area contributed by atoms with E-state index >= 15 is 0 Å². The molecule has 3 amide bonds. The lowest BCUT2D eigenvalue weighted by Gasteiger charge is -2.30. The Labute approximate surface area is 278 Å². The van der Waals surface area contributed by atoms with E-state index in [0.717, 1.165) is 6.26 Å². The van der Waals surface area contributed by atoms with Crippen LogP contribution in [0.3, 0.4) is 0 Å². The molecule has 0 aromatic carbocycles. The van der Waals surface area contributed by atoms with Crippen molar-refractivity contribution in [2.45, 2.75) is 70.9 Å². The molecule has 0 saturated carbocycles. The van der Waals surface area contributed by atoms with Crippen LogP contribution in [0.25, 0.3) is 0 Å². The van der Waals surface area contributed by atoms with E-state index in [-0.39, 0.29) is 44.1 Å². The highest BCUT2D eigenvalue weighted by Gasteiger charge is 2.39. The molecule has 15 heteroatoms. The average Bonchev–Trinajstić information content (AvgIpc) is 3.80. The molecule has 2 aromatic heterocycles. The number of halogens is 1. The molecule has 14 nitrogen and oxygen atoms in total. The van der Waals surface area contributed by atoms with Crippen molar-refractivity contribution in [1.82, 2.24) is 25.0 Å². The van der Waals surface area contributed by atoms with Gasteiger partial charge in [0.15, 0.2) is 11.6 Å². The van der Waals surface area contributed by atoms with Gasteiger partial charge in [0, 0.05) is 44.6 Å². The second kappa shape index (κ2) is 16.9. The van der Waals surface area contributed by atoms with Crippen molar-refractivity contribution in [3.63, 3.8) is 0 Å². The SMILES string of the molecule is CC1=C\C(O)CC(F)Cc2nc(co2)C(=O)N2CCCC2C(=O)OC(C(C)COC(=O)Nc2cnn(C)c2)C(C)/C=C/C(=O)NC\C=C\1. The number of aliphatic hydroxyl groups excluding tert-OH is 1. The van der Waals surface area contributed by atoms with Crippen LogP contribution < -0.4 is 10.6 Å². The molecule has 3 N–H and O–H groups in total. The first-order chi connectivity index (χ1) is 22.9. The number of aliphatic hydroxyl groups is 1. The monoisotopic (exact) mass is 670 g/mol. The Kier molecular flexibility index (Phi) is 12.7. The number of fused-ring (bicyclic) bond motifs is 3. The van der Waals surface area contributed by atoms with E-state index in [9.17, 15) is 28.7 Å². The second-order valence-electron chi connectivity index (χ2n) is 12.2. The van der Waals surface area contributed by atoms with Gasteiger partial charge in [-0.25, -0.2) is 19.0 Å². The average molecular weight is 671 g/mol. The maximum Gasteiger partial charge on any atom is 0.411 e. The number of amides is 3.